The van der Waals surface area contributed by atoms with Crippen molar-refractivity contribution in [2.45, 2.75) is 52.9 Å². The van der Waals surface area contributed by atoms with Gasteiger partial charge in [0.2, 0.25) is 0 Å². The van der Waals surface area contributed by atoms with Gasteiger partial charge in [-0.25, -0.2) is 4.79 Å². The normalized spacial score (nSPS) is 9.96. The van der Waals surface area contributed by atoms with E-state index in [0.29, 0.717) is 17.4 Å². The van der Waals surface area contributed by atoms with Gasteiger partial charge in [0.15, 0.2) is 0 Å². The van der Waals surface area contributed by atoms with Crippen LogP contribution in [0.15, 0.2) is 30.3 Å². The molecule has 25 heavy (non-hydrogen) atoms. The van der Waals surface area contributed by atoms with Crippen LogP contribution in [0.1, 0.15) is 63.2 Å². The predicted molar refractivity (Wildman–Crippen MR) is 97.7 cm³/mol. The van der Waals surface area contributed by atoms with E-state index in [0.717, 1.165) is 19.3 Å². The summed E-state index contributed by atoms with van der Waals surface area (Å²) in [6, 6.07) is 8.30. The number of hydrogen-bond donors (Lipinski definition) is 4. The van der Waals surface area contributed by atoms with Gasteiger partial charge in [0.1, 0.15) is 0 Å². The number of aliphatic hydroxyl groups excluding tert-OH is 2. The fourth-order valence-electron chi connectivity index (χ4n) is 1.69. The molecule has 0 bridgehead atoms. The first-order valence-corrected chi connectivity index (χ1v) is 8.36. The zero-order valence-electron chi connectivity index (χ0n) is 15.4. The summed E-state index contributed by atoms with van der Waals surface area (Å²) in [5, 5.41) is 32.0. The van der Waals surface area contributed by atoms with Crippen molar-refractivity contribution in [1.82, 2.24) is 0 Å². The van der Waals surface area contributed by atoms with Crippen molar-refractivity contribution in [2.75, 3.05) is 13.2 Å². The van der Waals surface area contributed by atoms with Gasteiger partial charge >= 0.3 is 11.9 Å². The Morgan fingerprint density at radius 3 is 1.72 bits per heavy atom. The van der Waals surface area contributed by atoms with Gasteiger partial charge in [-0.2, -0.15) is 0 Å². The number of carboxylic acids is 2. The second-order valence-electron chi connectivity index (χ2n) is 6.63. The molecule has 0 saturated heterocycles. The average Bonchev–Trinajstić information content (AvgIpc) is 2.55. The first-order valence-electron chi connectivity index (χ1n) is 8.36. The van der Waals surface area contributed by atoms with Crippen LogP contribution >= 0.6 is 0 Å². The Hall–Kier alpha value is -1.92. The summed E-state index contributed by atoms with van der Waals surface area (Å²) < 4.78 is 0. The van der Waals surface area contributed by atoms with E-state index in [4.69, 9.17) is 20.4 Å². The van der Waals surface area contributed by atoms with Gasteiger partial charge in [0.25, 0.3) is 0 Å². The maximum atomic E-state index is 10.2. The van der Waals surface area contributed by atoms with Gasteiger partial charge in [-0.15, -0.1) is 0 Å². The lowest BCUT2D eigenvalue weighted by Gasteiger charge is -2.17. The number of carbonyl (C=O) groups is 2. The number of aromatic carboxylic acids is 1. The Bertz CT molecular complexity index is 449. The quantitative estimate of drug-likeness (QED) is 0.556. The molecule has 6 heteroatoms. The molecule has 0 radical (unpaired) electrons. The van der Waals surface area contributed by atoms with Crippen LogP contribution in [-0.4, -0.2) is 45.6 Å². The summed E-state index contributed by atoms with van der Waals surface area (Å²) >= 11 is 0. The molecule has 1 rings (SSSR count). The van der Waals surface area contributed by atoms with Crippen molar-refractivity contribution in [3.8, 4) is 0 Å². The minimum atomic E-state index is -0.879. The zero-order chi connectivity index (χ0) is 19.7. The van der Waals surface area contributed by atoms with Crippen molar-refractivity contribution in [2.24, 2.45) is 5.41 Å². The van der Waals surface area contributed by atoms with Crippen LogP contribution in [0, 0.1) is 5.41 Å². The van der Waals surface area contributed by atoms with E-state index in [1.54, 1.807) is 30.3 Å². The van der Waals surface area contributed by atoms with Gasteiger partial charge < -0.3 is 20.4 Å². The van der Waals surface area contributed by atoms with Crippen LogP contribution in [0.5, 0.6) is 0 Å². The molecule has 0 saturated carbocycles. The van der Waals surface area contributed by atoms with E-state index in [9.17, 15) is 9.59 Å². The molecule has 144 valence electrons. The number of rotatable bonds is 7. The Kier molecular flexibility index (Phi) is 15.8. The topological polar surface area (TPSA) is 115 Å². The van der Waals surface area contributed by atoms with Gasteiger partial charge in [0, 0.05) is 6.42 Å². The van der Waals surface area contributed by atoms with E-state index < -0.39 is 11.9 Å². The molecule has 0 fully saturated rings. The predicted octanol–water partition coefficient (Wildman–Crippen LogP) is 3.42. The molecule has 0 aliphatic rings. The Balaban J connectivity index is 0. The molecule has 0 aliphatic heterocycles. The smallest absolute Gasteiger partial charge is 0.335 e. The fourth-order valence-corrected chi connectivity index (χ4v) is 1.69. The molecule has 0 aliphatic carbocycles. The SMILES string of the molecule is CC(C)(C)CCCCCC(=O)O.O=C(O)c1ccccc1.OCCO. The highest BCUT2D eigenvalue weighted by Gasteiger charge is 2.08. The molecule has 1 aromatic rings. The lowest BCUT2D eigenvalue weighted by molar-refractivity contribution is -0.137. The summed E-state index contributed by atoms with van der Waals surface area (Å²) in [4.78, 5) is 20.4. The monoisotopic (exact) mass is 356 g/mol. The van der Waals surface area contributed by atoms with Crippen molar-refractivity contribution in [3.05, 3.63) is 35.9 Å². The standard InChI is InChI=1S/C10H20O2.C7H6O2.C2H6O2/c1-10(2,3)8-6-4-5-7-9(11)12;8-7(9)6-4-2-1-3-5-6;3-1-2-4/h4-8H2,1-3H3,(H,11,12);1-5H,(H,8,9);3-4H,1-2H2. The summed E-state index contributed by atoms with van der Waals surface area (Å²) in [7, 11) is 0. The number of benzene rings is 1. The summed E-state index contributed by atoms with van der Waals surface area (Å²) in [5.41, 5.74) is 0.723. The largest absolute Gasteiger partial charge is 0.481 e. The molecule has 0 heterocycles. The third kappa shape index (κ3) is 22.1. The molecule has 0 spiro atoms. The minimum Gasteiger partial charge on any atom is -0.481 e. The van der Waals surface area contributed by atoms with E-state index in [-0.39, 0.29) is 13.2 Å². The molecule has 0 amide bonds. The van der Waals surface area contributed by atoms with E-state index in [1.165, 1.54) is 6.42 Å². The number of unbranched alkanes of at least 4 members (excludes halogenated alkanes) is 2. The highest BCUT2D eigenvalue weighted by Crippen LogP contribution is 2.22. The zero-order valence-corrected chi connectivity index (χ0v) is 15.4. The molecule has 1 aromatic carbocycles. The lowest BCUT2D eigenvalue weighted by Crippen LogP contribution is -2.04. The third-order valence-electron chi connectivity index (χ3n) is 2.94. The third-order valence-corrected chi connectivity index (χ3v) is 2.94. The van der Waals surface area contributed by atoms with Crippen LogP contribution in [0.4, 0.5) is 0 Å². The van der Waals surface area contributed by atoms with Gasteiger partial charge in [-0.1, -0.05) is 51.8 Å². The van der Waals surface area contributed by atoms with E-state index >= 15 is 0 Å². The van der Waals surface area contributed by atoms with Crippen LogP contribution in [0.3, 0.4) is 0 Å². The molecule has 6 nitrogen and oxygen atoms in total. The van der Waals surface area contributed by atoms with Crippen LogP contribution in [0.25, 0.3) is 0 Å². The van der Waals surface area contributed by atoms with E-state index in [1.807, 2.05) is 0 Å². The molecule has 0 unspecified atom stereocenters. The molecule has 0 atom stereocenters. The van der Waals surface area contributed by atoms with Crippen molar-refractivity contribution in [3.63, 3.8) is 0 Å². The van der Waals surface area contributed by atoms with Crippen molar-refractivity contribution >= 4 is 11.9 Å². The lowest BCUT2D eigenvalue weighted by atomic mass is 9.89. The fraction of sp³-hybridized carbons (Fsp3) is 0.579. The van der Waals surface area contributed by atoms with Gasteiger partial charge in [0.05, 0.1) is 18.8 Å². The maximum Gasteiger partial charge on any atom is 0.335 e. The van der Waals surface area contributed by atoms with Crippen LogP contribution in [-0.2, 0) is 4.79 Å². The minimum absolute atomic E-state index is 0.125. The van der Waals surface area contributed by atoms with E-state index in [2.05, 4.69) is 20.8 Å². The summed E-state index contributed by atoms with van der Waals surface area (Å²) in [5.74, 6) is -1.55. The summed E-state index contributed by atoms with van der Waals surface area (Å²) in [6.07, 6.45) is 4.53. The molecular formula is C19H32O6. The molecular weight excluding hydrogens is 324 g/mol. The maximum absolute atomic E-state index is 10.2. The Morgan fingerprint density at radius 1 is 0.880 bits per heavy atom. The highest BCUT2D eigenvalue weighted by molar-refractivity contribution is 5.87. The van der Waals surface area contributed by atoms with Gasteiger partial charge in [-0.3, -0.25) is 4.79 Å². The molecule has 4 N–H and O–H groups in total. The first-order chi connectivity index (χ1) is 11.6. The molecule has 0 aromatic heterocycles. The first kappa shape index (κ1) is 25.3. The van der Waals surface area contributed by atoms with Gasteiger partial charge in [-0.05, 0) is 30.4 Å². The summed E-state index contributed by atoms with van der Waals surface area (Å²) in [6.45, 7) is 6.39. The van der Waals surface area contributed by atoms with Crippen molar-refractivity contribution in [1.29, 1.82) is 0 Å². The Labute approximate surface area is 150 Å². The Morgan fingerprint density at radius 2 is 1.40 bits per heavy atom. The average molecular weight is 356 g/mol. The number of aliphatic hydroxyl groups is 2. The van der Waals surface area contributed by atoms with Crippen LogP contribution < -0.4 is 0 Å². The number of hydrogen-bond acceptors (Lipinski definition) is 4. The second kappa shape index (κ2) is 15.6. The number of aliphatic carboxylic acids is 1. The van der Waals surface area contributed by atoms with Crippen LogP contribution in [0.2, 0.25) is 0 Å². The van der Waals surface area contributed by atoms with Crippen molar-refractivity contribution < 1.29 is 30.0 Å². The highest BCUT2D eigenvalue weighted by atomic mass is 16.4. The second-order valence-corrected chi connectivity index (χ2v) is 6.63. The number of carboxylic acid groups (broad SMARTS) is 2.